The van der Waals surface area contributed by atoms with Gasteiger partial charge in [0.05, 0.1) is 15.6 Å². The van der Waals surface area contributed by atoms with Crippen LogP contribution in [0.25, 0.3) is 0 Å². The molecule has 1 N–H and O–H groups in total. The van der Waals surface area contributed by atoms with Crippen LogP contribution in [0.15, 0.2) is 42.5 Å². The van der Waals surface area contributed by atoms with Gasteiger partial charge in [0, 0.05) is 23.7 Å². The zero-order valence-electron chi connectivity index (χ0n) is 9.77. The first-order chi connectivity index (χ1) is 9.08. The Kier molecular flexibility index (Phi) is 4.24. The first kappa shape index (κ1) is 13.6. The Bertz CT molecular complexity index is 617. The third-order valence-electron chi connectivity index (χ3n) is 2.58. The van der Waals surface area contributed by atoms with Crippen LogP contribution in [0.1, 0.15) is 5.56 Å². The first-order valence-corrected chi connectivity index (χ1v) is 6.25. The third-order valence-corrected chi connectivity index (χ3v) is 3.28. The molecule has 0 saturated heterocycles. The molecule has 4 nitrogen and oxygen atoms in total. The minimum atomic E-state index is -0.449. The van der Waals surface area contributed by atoms with Gasteiger partial charge in [-0.15, -0.1) is 0 Å². The smallest absolute Gasteiger partial charge is 0.269 e. The van der Waals surface area contributed by atoms with Crippen molar-refractivity contribution in [3.63, 3.8) is 0 Å². The van der Waals surface area contributed by atoms with E-state index in [1.807, 2.05) is 18.2 Å². The van der Waals surface area contributed by atoms with Crippen molar-refractivity contribution in [3.05, 3.63) is 68.2 Å². The fourth-order valence-corrected chi connectivity index (χ4v) is 1.99. The van der Waals surface area contributed by atoms with Crippen LogP contribution in [0.4, 0.5) is 11.4 Å². The van der Waals surface area contributed by atoms with E-state index in [1.54, 1.807) is 6.07 Å². The summed E-state index contributed by atoms with van der Waals surface area (Å²) < 4.78 is 0. The summed E-state index contributed by atoms with van der Waals surface area (Å²) in [5.41, 5.74) is 1.42. The Balaban J connectivity index is 2.17. The third kappa shape index (κ3) is 3.36. The molecule has 2 aromatic carbocycles. The summed E-state index contributed by atoms with van der Waals surface area (Å²) in [6.45, 7) is 0.365. The Hall–Kier alpha value is -1.78. The molecule has 19 heavy (non-hydrogen) atoms. The summed E-state index contributed by atoms with van der Waals surface area (Å²) in [6, 6.07) is 11.6. The molecule has 0 bridgehead atoms. The molecule has 0 heterocycles. The van der Waals surface area contributed by atoms with Gasteiger partial charge in [0.2, 0.25) is 0 Å². The predicted octanol–water partition coefficient (Wildman–Crippen LogP) is 4.51. The molecular weight excluding hydrogens is 287 g/mol. The standard InChI is InChI=1S/C13H10Cl2N2O2/c14-11-6-5-10(17(18)19)7-9(11)8-16-13-4-2-1-3-12(13)15/h1-7,16H,8H2. The van der Waals surface area contributed by atoms with Crippen molar-refractivity contribution in [1.29, 1.82) is 0 Å². The lowest BCUT2D eigenvalue weighted by atomic mass is 10.2. The molecule has 0 aliphatic heterocycles. The van der Waals surface area contributed by atoms with E-state index in [2.05, 4.69) is 5.32 Å². The highest BCUT2D eigenvalue weighted by atomic mass is 35.5. The van der Waals surface area contributed by atoms with Crippen LogP contribution in [0.5, 0.6) is 0 Å². The highest BCUT2D eigenvalue weighted by Gasteiger charge is 2.09. The highest BCUT2D eigenvalue weighted by molar-refractivity contribution is 6.33. The minimum Gasteiger partial charge on any atom is -0.380 e. The van der Waals surface area contributed by atoms with Crippen LogP contribution in [-0.2, 0) is 6.54 Å². The molecule has 0 radical (unpaired) electrons. The molecule has 0 aromatic heterocycles. The van der Waals surface area contributed by atoms with Crippen molar-refractivity contribution >= 4 is 34.6 Å². The Morgan fingerprint density at radius 1 is 1.11 bits per heavy atom. The van der Waals surface area contributed by atoms with E-state index in [0.29, 0.717) is 22.2 Å². The minimum absolute atomic E-state index is 0.0142. The van der Waals surface area contributed by atoms with Crippen molar-refractivity contribution < 1.29 is 4.92 Å². The maximum Gasteiger partial charge on any atom is 0.269 e. The van der Waals surface area contributed by atoms with E-state index in [1.165, 1.54) is 18.2 Å². The molecule has 0 amide bonds. The van der Waals surface area contributed by atoms with Gasteiger partial charge in [-0.25, -0.2) is 0 Å². The van der Waals surface area contributed by atoms with Gasteiger partial charge in [-0.2, -0.15) is 0 Å². The number of anilines is 1. The summed E-state index contributed by atoms with van der Waals surface area (Å²) >= 11 is 12.0. The van der Waals surface area contributed by atoms with Gasteiger partial charge < -0.3 is 5.32 Å². The molecule has 0 saturated carbocycles. The second kappa shape index (κ2) is 5.91. The highest BCUT2D eigenvalue weighted by Crippen LogP contribution is 2.25. The van der Waals surface area contributed by atoms with Crippen LogP contribution >= 0.6 is 23.2 Å². The van der Waals surface area contributed by atoms with Gasteiger partial charge in [0.1, 0.15) is 0 Å². The number of para-hydroxylation sites is 1. The fourth-order valence-electron chi connectivity index (χ4n) is 1.61. The Morgan fingerprint density at radius 3 is 2.53 bits per heavy atom. The number of hydrogen-bond acceptors (Lipinski definition) is 3. The number of nitro benzene ring substituents is 1. The van der Waals surface area contributed by atoms with Crippen molar-refractivity contribution in [3.8, 4) is 0 Å². The largest absolute Gasteiger partial charge is 0.380 e. The van der Waals surface area contributed by atoms with Crippen LogP contribution in [0, 0.1) is 10.1 Å². The first-order valence-electron chi connectivity index (χ1n) is 5.49. The van der Waals surface area contributed by atoms with E-state index < -0.39 is 4.92 Å². The van der Waals surface area contributed by atoms with E-state index in [-0.39, 0.29) is 5.69 Å². The van der Waals surface area contributed by atoms with E-state index in [9.17, 15) is 10.1 Å². The van der Waals surface area contributed by atoms with Crippen LogP contribution in [-0.4, -0.2) is 4.92 Å². The molecular formula is C13H10Cl2N2O2. The topological polar surface area (TPSA) is 55.2 Å². The molecule has 0 aliphatic rings. The monoisotopic (exact) mass is 296 g/mol. The fraction of sp³-hybridized carbons (Fsp3) is 0.0769. The van der Waals surface area contributed by atoms with Gasteiger partial charge in [-0.1, -0.05) is 35.3 Å². The van der Waals surface area contributed by atoms with Crippen molar-refractivity contribution in [1.82, 2.24) is 0 Å². The summed E-state index contributed by atoms with van der Waals surface area (Å²) in [5.74, 6) is 0. The average molecular weight is 297 g/mol. The Morgan fingerprint density at radius 2 is 1.84 bits per heavy atom. The van der Waals surface area contributed by atoms with Gasteiger partial charge in [0.25, 0.3) is 5.69 Å². The number of nitrogens with one attached hydrogen (secondary N) is 1. The Labute approximate surface area is 120 Å². The summed E-state index contributed by atoms with van der Waals surface area (Å²) in [5, 5.41) is 14.9. The maximum atomic E-state index is 10.7. The molecule has 2 aromatic rings. The molecule has 0 unspecified atom stereocenters. The number of non-ortho nitro benzene ring substituents is 1. The van der Waals surface area contributed by atoms with E-state index in [0.717, 1.165) is 5.69 Å². The van der Waals surface area contributed by atoms with Crippen molar-refractivity contribution in [2.45, 2.75) is 6.54 Å². The summed E-state index contributed by atoms with van der Waals surface area (Å²) in [6.07, 6.45) is 0. The van der Waals surface area contributed by atoms with Gasteiger partial charge >= 0.3 is 0 Å². The van der Waals surface area contributed by atoms with Crippen LogP contribution in [0.3, 0.4) is 0 Å². The SMILES string of the molecule is O=[N+]([O-])c1ccc(Cl)c(CNc2ccccc2Cl)c1. The second-order valence-corrected chi connectivity index (χ2v) is 4.68. The molecule has 98 valence electrons. The lowest BCUT2D eigenvalue weighted by molar-refractivity contribution is -0.384. The summed E-state index contributed by atoms with van der Waals surface area (Å²) in [4.78, 5) is 10.3. The molecule has 2 rings (SSSR count). The second-order valence-electron chi connectivity index (χ2n) is 3.87. The van der Waals surface area contributed by atoms with Crippen molar-refractivity contribution in [2.24, 2.45) is 0 Å². The molecule has 0 aliphatic carbocycles. The normalized spacial score (nSPS) is 10.2. The van der Waals surface area contributed by atoms with Gasteiger partial charge in [-0.3, -0.25) is 10.1 Å². The molecule has 0 fully saturated rings. The lowest BCUT2D eigenvalue weighted by Gasteiger charge is -2.09. The summed E-state index contributed by atoms with van der Waals surface area (Å²) in [7, 11) is 0. The van der Waals surface area contributed by atoms with Crippen LogP contribution < -0.4 is 5.32 Å². The zero-order valence-corrected chi connectivity index (χ0v) is 11.3. The number of rotatable bonds is 4. The van der Waals surface area contributed by atoms with Gasteiger partial charge in [-0.05, 0) is 23.8 Å². The number of nitro groups is 1. The number of nitrogens with zero attached hydrogens (tertiary/aromatic N) is 1. The average Bonchev–Trinajstić information content (AvgIpc) is 2.39. The van der Waals surface area contributed by atoms with Crippen LogP contribution in [0.2, 0.25) is 10.0 Å². The molecule has 0 atom stereocenters. The predicted molar refractivity (Wildman–Crippen MR) is 76.9 cm³/mol. The van der Waals surface area contributed by atoms with Gasteiger partial charge in [0.15, 0.2) is 0 Å². The number of halogens is 2. The number of hydrogen-bond donors (Lipinski definition) is 1. The molecule has 0 spiro atoms. The number of benzene rings is 2. The molecule has 6 heteroatoms. The zero-order chi connectivity index (χ0) is 13.8. The van der Waals surface area contributed by atoms with Crippen molar-refractivity contribution in [2.75, 3.05) is 5.32 Å². The van der Waals surface area contributed by atoms with E-state index >= 15 is 0 Å². The lowest BCUT2D eigenvalue weighted by Crippen LogP contribution is -2.01. The quantitative estimate of drug-likeness (QED) is 0.667. The maximum absolute atomic E-state index is 10.7. The van der Waals surface area contributed by atoms with E-state index in [4.69, 9.17) is 23.2 Å².